The van der Waals surface area contributed by atoms with Gasteiger partial charge in [0.25, 0.3) is 0 Å². The number of thiophene rings is 2. The van der Waals surface area contributed by atoms with Gasteiger partial charge in [-0.3, -0.25) is 4.79 Å². The minimum atomic E-state index is -0.434. The Morgan fingerprint density at radius 2 is 2.16 bits per heavy atom. The predicted molar refractivity (Wildman–Crippen MR) is 97.5 cm³/mol. The van der Waals surface area contributed by atoms with Crippen molar-refractivity contribution in [3.8, 4) is 0 Å². The molecule has 0 aromatic carbocycles. The second-order valence-corrected chi connectivity index (χ2v) is 7.26. The van der Waals surface area contributed by atoms with Crippen LogP contribution in [0.25, 0.3) is 10.2 Å². The monoisotopic (exact) mass is 374 g/mol. The number of carbonyl (C=O) groups excluding carboxylic acids is 2. The normalized spacial score (nSPS) is 17.2. The number of hydrogen-bond donors (Lipinski definition) is 1. The van der Waals surface area contributed by atoms with Crippen molar-refractivity contribution in [3.63, 3.8) is 0 Å². The van der Waals surface area contributed by atoms with Gasteiger partial charge in [-0.15, -0.1) is 22.7 Å². The van der Waals surface area contributed by atoms with Crippen LogP contribution in [0.1, 0.15) is 16.8 Å². The Labute approximate surface area is 151 Å². The average molecular weight is 374 g/mol. The molecule has 1 aliphatic heterocycles. The number of hydrogen-bond acceptors (Lipinski definition) is 8. The third kappa shape index (κ3) is 2.75. The highest BCUT2D eigenvalue weighted by Gasteiger charge is 2.35. The van der Waals surface area contributed by atoms with E-state index in [4.69, 9.17) is 4.74 Å². The maximum absolute atomic E-state index is 12.8. The first-order valence-electron chi connectivity index (χ1n) is 7.61. The van der Waals surface area contributed by atoms with Gasteiger partial charge in [0.1, 0.15) is 28.0 Å². The van der Waals surface area contributed by atoms with Gasteiger partial charge >= 0.3 is 5.97 Å². The zero-order chi connectivity index (χ0) is 17.4. The zero-order valence-corrected chi connectivity index (χ0v) is 14.9. The molecule has 1 saturated heterocycles. The van der Waals surface area contributed by atoms with E-state index in [1.807, 2.05) is 11.4 Å². The van der Waals surface area contributed by atoms with E-state index in [-0.39, 0.29) is 11.9 Å². The first-order chi connectivity index (χ1) is 12.2. The number of nitrogens with zero attached hydrogens (tertiary/aromatic N) is 3. The summed E-state index contributed by atoms with van der Waals surface area (Å²) >= 11 is 2.89. The van der Waals surface area contributed by atoms with Crippen molar-refractivity contribution >= 4 is 55.6 Å². The van der Waals surface area contributed by atoms with Gasteiger partial charge in [0.05, 0.1) is 18.1 Å². The molecule has 1 unspecified atom stereocenters. The van der Waals surface area contributed by atoms with Gasteiger partial charge in [-0.05, 0) is 29.3 Å². The molecule has 7 nitrogen and oxygen atoms in total. The summed E-state index contributed by atoms with van der Waals surface area (Å²) in [5, 5.41) is 8.50. The van der Waals surface area contributed by atoms with Crippen LogP contribution in [0.4, 0.5) is 10.8 Å². The lowest BCUT2D eigenvalue weighted by Gasteiger charge is -2.17. The van der Waals surface area contributed by atoms with Crippen molar-refractivity contribution in [2.45, 2.75) is 12.5 Å². The molecule has 3 aromatic heterocycles. The van der Waals surface area contributed by atoms with E-state index in [1.54, 1.807) is 16.3 Å². The molecule has 1 atom stereocenters. The molecule has 9 heteroatoms. The van der Waals surface area contributed by atoms with E-state index in [0.717, 1.165) is 10.2 Å². The van der Waals surface area contributed by atoms with E-state index in [0.29, 0.717) is 29.3 Å². The molecule has 128 valence electrons. The molecule has 0 spiro atoms. The molecule has 0 bridgehead atoms. The Morgan fingerprint density at radius 3 is 3.00 bits per heavy atom. The highest BCUT2D eigenvalue weighted by atomic mass is 32.1. The van der Waals surface area contributed by atoms with Crippen LogP contribution in [0.3, 0.4) is 0 Å². The van der Waals surface area contributed by atoms with Crippen LogP contribution in [-0.4, -0.2) is 41.5 Å². The largest absolute Gasteiger partial charge is 0.465 e. The number of nitrogens with one attached hydrogen (secondary N) is 1. The fourth-order valence-electron chi connectivity index (χ4n) is 2.86. The molecule has 0 aliphatic carbocycles. The number of aromatic nitrogens is 2. The molecule has 0 radical (unpaired) electrons. The lowest BCUT2D eigenvalue weighted by atomic mass is 10.2. The van der Waals surface area contributed by atoms with Crippen LogP contribution in [0.5, 0.6) is 0 Å². The van der Waals surface area contributed by atoms with E-state index in [1.165, 1.54) is 36.1 Å². The van der Waals surface area contributed by atoms with Crippen molar-refractivity contribution in [1.29, 1.82) is 0 Å². The summed E-state index contributed by atoms with van der Waals surface area (Å²) in [4.78, 5) is 35.7. The summed E-state index contributed by atoms with van der Waals surface area (Å²) in [6.07, 6.45) is 2.12. The summed E-state index contributed by atoms with van der Waals surface area (Å²) in [6.45, 7) is 0.541. The lowest BCUT2D eigenvalue weighted by Crippen LogP contribution is -2.34. The molecular weight excluding hydrogens is 360 g/mol. The second kappa shape index (κ2) is 6.41. The SMILES string of the molecule is COC(=O)c1ccsc1N1CCC(Nc2ncnc3sccc23)C1=O. The van der Waals surface area contributed by atoms with Crippen LogP contribution in [0.2, 0.25) is 0 Å². The van der Waals surface area contributed by atoms with Crippen LogP contribution >= 0.6 is 22.7 Å². The smallest absolute Gasteiger partial charge is 0.340 e. The van der Waals surface area contributed by atoms with Gasteiger partial charge < -0.3 is 15.0 Å². The van der Waals surface area contributed by atoms with Crippen molar-refractivity contribution in [2.24, 2.45) is 0 Å². The van der Waals surface area contributed by atoms with Crippen molar-refractivity contribution in [2.75, 3.05) is 23.9 Å². The minimum Gasteiger partial charge on any atom is -0.465 e. The fraction of sp³-hybridized carbons (Fsp3) is 0.250. The third-order valence-corrected chi connectivity index (χ3v) is 5.83. The Balaban J connectivity index is 1.57. The van der Waals surface area contributed by atoms with Crippen molar-refractivity contribution in [1.82, 2.24) is 9.97 Å². The van der Waals surface area contributed by atoms with E-state index in [2.05, 4.69) is 15.3 Å². The summed E-state index contributed by atoms with van der Waals surface area (Å²) in [6, 6.07) is 3.23. The second-order valence-electron chi connectivity index (χ2n) is 5.47. The molecule has 1 N–H and O–H groups in total. The summed E-state index contributed by atoms with van der Waals surface area (Å²) < 4.78 is 4.79. The van der Waals surface area contributed by atoms with Gasteiger partial charge in [0, 0.05) is 6.54 Å². The number of ether oxygens (including phenoxy) is 1. The maximum Gasteiger partial charge on any atom is 0.340 e. The number of esters is 1. The van der Waals surface area contributed by atoms with Crippen LogP contribution in [0.15, 0.2) is 29.2 Å². The van der Waals surface area contributed by atoms with Gasteiger partial charge in [-0.2, -0.15) is 0 Å². The van der Waals surface area contributed by atoms with Crippen molar-refractivity contribution in [3.05, 3.63) is 34.8 Å². The first-order valence-corrected chi connectivity index (χ1v) is 9.37. The molecule has 25 heavy (non-hydrogen) atoms. The Hall–Kier alpha value is -2.52. The van der Waals surface area contributed by atoms with E-state index in [9.17, 15) is 9.59 Å². The lowest BCUT2D eigenvalue weighted by molar-refractivity contribution is -0.117. The minimum absolute atomic E-state index is 0.0744. The number of anilines is 2. The van der Waals surface area contributed by atoms with Gasteiger partial charge in [-0.1, -0.05) is 0 Å². The van der Waals surface area contributed by atoms with Gasteiger partial charge in [0.2, 0.25) is 5.91 Å². The molecule has 3 aromatic rings. The van der Waals surface area contributed by atoms with Crippen molar-refractivity contribution < 1.29 is 14.3 Å². The Bertz CT molecular complexity index is 952. The Morgan fingerprint density at radius 1 is 1.32 bits per heavy atom. The molecule has 1 amide bonds. The maximum atomic E-state index is 12.8. The fourth-order valence-corrected chi connectivity index (χ4v) is 4.51. The van der Waals surface area contributed by atoms with E-state index >= 15 is 0 Å². The number of fused-ring (bicyclic) bond motifs is 1. The van der Waals surface area contributed by atoms with Gasteiger partial charge in [-0.25, -0.2) is 14.8 Å². The van der Waals surface area contributed by atoms with E-state index < -0.39 is 5.97 Å². The zero-order valence-electron chi connectivity index (χ0n) is 13.3. The number of methoxy groups -OCH3 is 1. The van der Waals surface area contributed by atoms with Gasteiger partial charge in [0.15, 0.2) is 0 Å². The third-order valence-electron chi connectivity index (χ3n) is 4.07. The van der Waals surface area contributed by atoms with Crippen LogP contribution in [0, 0.1) is 0 Å². The topological polar surface area (TPSA) is 84.4 Å². The molecule has 4 rings (SSSR count). The van der Waals surface area contributed by atoms with Crippen LogP contribution in [-0.2, 0) is 9.53 Å². The summed E-state index contributed by atoms with van der Waals surface area (Å²) in [5.74, 6) is 0.150. The molecule has 1 fully saturated rings. The predicted octanol–water partition coefficient (Wildman–Crippen LogP) is 2.76. The number of amides is 1. The number of rotatable bonds is 4. The summed E-state index contributed by atoms with van der Waals surface area (Å²) in [7, 11) is 1.33. The highest BCUT2D eigenvalue weighted by molar-refractivity contribution is 7.16. The summed E-state index contributed by atoms with van der Waals surface area (Å²) in [5.41, 5.74) is 0.420. The number of carbonyl (C=O) groups is 2. The Kier molecular flexibility index (Phi) is 4.10. The molecular formula is C16H14N4O3S2. The molecule has 1 aliphatic rings. The highest BCUT2D eigenvalue weighted by Crippen LogP contribution is 2.33. The quantitative estimate of drug-likeness (QED) is 0.707. The molecule has 0 saturated carbocycles. The van der Waals surface area contributed by atoms with Crippen LogP contribution < -0.4 is 10.2 Å². The average Bonchev–Trinajstić information content (AvgIpc) is 3.35. The molecule has 4 heterocycles. The standard InChI is InChI=1S/C16H14N4O3S2/c1-23-16(22)10-4-7-25-15(10)20-5-2-11(14(20)21)19-12-9-3-6-24-13(9)18-8-17-12/h3-4,6-8,11H,2,5H2,1H3,(H,17,18,19). The first kappa shape index (κ1) is 16.0.